The van der Waals surface area contributed by atoms with Crippen LogP contribution in [-0.4, -0.2) is 52.5 Å². The van der Waals surface area contributed by atoms with Crippen LogP contribution < -0.4 is 15.4 Å². The zero-order chi connectivity index (χ0) is 15.3. The lowest BCUT2D eigenvalue weighted by Gasteiger charge is -2.08. The van der Waals surface area contributed by atoms with Gasteiger partial charge in [0, 0.05) is 19.2 Å². The Labute approximate surface area is 125 Å². The second-order valence-electron chi connectivity index (χ2n) is 4.38. The third-order valence-electron chi connectivity index (χ3n) is 2.54. The van der Waals surface area contributed by atoms with Crippen molar-refractivity contribution in [3.8, 4) is 5.75 Å². The van der Waals surface area contributed by atoms with E-state index in [1.807, 2.05) is 19.2 Å². The Morgan fingerprint density at radius 1 is 1.00 bits per heavy atom. The summed E-state index contributed by atoms with van der Waals surface area (Å²) in [4.78, 5) is 10.9. The van der Waals surface area contributed by atoms with Crippen LogP contribution in [0.25, 0.3) is 0 Å². The molecule has 118 valence electrons. The van der Waals surface area contributed by atoms with Crippen LogP contribution in [-0.2, 0) is 14.3 Å². The van der Waals surface area contributed by atoms with Crippen LogP contribution in [0.5, 0.6) is 5.75 Å². The first kappa shape index (κ1) is 17.4. The number of amides is 1. The molecule has 0 fully saturated rings. The molecule has 0 spiro atoms. The van der Waals surface area contributed by atoms with E-state index in [2.05, 4.69) is 10.6 Å². The Hall–Kier alpha value is -1.63. The second-order valence-corrected chi connectivity index (χ2v) is 4.38. The Bertz CT molecular complexity index is 395. The number of anilines is 1. The smallest absolute Gasteiger partial charge is 0.221 e. The van der Waals surface area contributed by atoms with Crippen LogP contribution in [0.2, 0.25) is 0 Å². The van der Waals surface area contributed by atoms with Crippen LogP contribution in [0.4, 0.5) is 5.69 Å². The van der Waals surface area contributed by atoms with E-state index in [1.165, 1.54) is 6.92 Å². The van der Waals surface area contributed by atoms with Crippen LogP contribution in [0, 0.1) is 0 Å². The number of likely N-dealkylation sites (N-methyl/N-ethyl adjacent to an activating group) is 1. The van der Waals surface area contributed by atoms with Crippen molar-refractivity contribution < 1.29 is 19.0 Å². The highest BCUT2D eigenvalue weighted by molar-refractivity contribution is 5.88. The molecule has 0 aliphatic rings. The van der Waals surface area contributed by atoms with Crippen molar-refractivity contribution in [3.63, 3.8) is 0 Å². The average Bonchev–Trinajstić information content (AvgIpc) is 2.47. The molecule has 0 aliphatic heterocycles. The number of hydrogen-bond acceptors (Lipinski definition) is 5. The van der Waals surface area contributed by atoms with Crippen LogP contribution in [0.1, 0.15) is 6.92 Å². The molecule has 1 rings (SSSR count). The van der Waals surface area contributed by atoms with E-state index in [0.717, 1.165) is 18.0 Å². The topological polar surface area (TPSA) is 68.8 Å². The Morgan fingerprint density at radius 3 is 2.24 bits per heavy atom. The predicted molar refractivity (Wildman–Crippen MR) is 81.8 cm³/mol. The Balaban J connectivity index is 2.03. The minimum Gasteiger partial charge on any atom is -0.491 e. The number of carbonyl (C=O) groups is 1. The molecule has 21 heavy (non-hydrogen) atoms. The molecule has 0 bridgehead atoms. The minimum absolute atomic E-state index is 0.0889. The highest BCUT2D eigenvalue weighted by Gasteiger charge is 1.97. The Morgan fingerprint density at radius 2 is 1.62 bits per heavy atom. The van der Waals surface area contributed by atoms with Gasteiger partial charge in [0.15, 0.2) is 0 Å². The molecule has 1 amide bonds. The molecule has 0 saturated carbocycles. The van der Waals surface area contributed by atoms with Gasteiger partial charge in [-0.15, -0.1) is 0 Å². The number of benzene rings is 1. The summed E-state index contributed by atoms with van der Waals surface area (Å²) >= 11 is 0. The lowest BCUT2D eigenvalue weighted by atomic mass is 10.3. The maximum atomic E-state index is 10.9. The summed E-state index contributed by atoms with van der Waals surface area (Å²) in [5.74, 6) is 0.659. The number of rotatable bonds is 11. The molecule has 1 aromatic rings. The summed E-state index contributed by atoms with van der Waals surface area (Å²) in [6.07, 6.45) is 0. The standard InChI is InChI=1S/C15H24N2O4/c1-13(18)17-14-3-5-15(6-4-14)21-12-11-20-10-9-19-8-7-16-2/h3-6,16H,7-12H2,1-2H3,(H,17,18). The number of carbonyl (C=O) groups excluding carboxylic acids is 1. The van der Waals surface area contributed by atoms with E-state index in [9.17, 15) is 4.79 Å². The van der Waals surface area contributed by atoms with Gasteiger partial charge < -0.3 is 24.8 Å². The molecule has 0 heterocycles. The van der Waals surface area contributed by atoms with Crippen LogP contribution in [0.15, 0.2) is 24.3 Å². The fraction of sp³-hybridized carbons (Fsp3) is 0.533. The molecule has 0 aliphatic carbocycles. The third kappa shape index (κ3) is 9.01. The number of ether oxygens (including phenoxy) is 3. The van der Waals surface area contributed by atoms with Crippen LogP contribution in [0.3, 0.4) is 0 Å². The van der Waals surface area contributed by atoms with Crippen LogP contribution >= 0.6 is 0 Å². The van der Waals surface area contributed by atoms with E-state index < -0.39 is 0 Å². The van der Waals surface area contributed by atoms with Crippen molar-refractivity contribution in [2.75, 3.05) is 51.9 Å². The van der Waals surface area contributed by atoms with Crippen molar-refractivity contribution >= 4 is 11.6 Å². The van der Waals surface area contributed by atoms with Gasteiger partial charge in [-0.25, -0.2) is 0 Å². The molecule has 0 radical (unpaired) electrons. The average molecular weight is 296 g/mol. The third-order valence-corrected chi connectivity index (χ3v) is 2.54. The van der Waals surface area contributed by atoms with Crippen molar-refractivity contribution in [1.29, 1.82) is 0 Å². The summed E-state index contributed by atoms with van der Waals surface area (Å²) in [7, 11) is 1.89. The molecule has 0 aromatic heterocycles. The zero-order valence-corrected chi connectivity index (χ0v) is 12.7. The normalized spacial score (nSPS) is 10.4. The molecule has 0 unspecified atom stereocenters. The van der Waals surface area contributed by atoms with Gasteiger partial charge in [0.25, 0.3) is 0 Å². The fourth-order valence-electron chi connectivity index (χ4n) is 1.55. The van der Waals surface area contributed by atoms with Crippen molar-refractivity contribution in [1.82, 2.24) is 5.32 Å². The molecule has 0 atom stereocenters. The first-order valence-corrected chi connectivity index (χ1v) is 7.03. The summed E-state index contributed by atoms with van der Waals surface area (Å²) in [6, 6.07) is 7.22. The van der Waals surface area contributed by atoms with Gasteiger partial charge in [-0.05, 0) is 31.3 Å². The predicted octanol–water partition coefficient (Wildman–Crippen LogP) is 1.28. The zero-order valence-electron chi connectivity index (χ0n) is 12.7. The number of hydrogen-bond donors (Lipinski definition) is 2. The minimum atomic E-state index is -0.0889. The fourth-order valence-corrected chi connectivity index (χ4v) is 1.55. The van der Waals surface area contributed by atoms with Gasteiger partial charge in [0.1, 0.15) is 12.4 Å². The Kier molecular flexibility index (Phi) is 9.19. The SMILES string of the molecule is CNCCOCCOCCOc1ccc(NC(C)=O)cc1. The van der Waals surface area contributed by atoms with E-state index in [-0.39, 0.29) is 5.91 Å². The highest BCUT2D eigenvalue weighted by atomic mass is 16.5. The van der Waals surface area contributed by atoms with Gasteiger partial charge in [0.2, 0.25) is 5.91 Å². The van der Waals surface area contributed by atoms with E-state index in [1.54, 1.807) is 12.1 Å². The molecule has 2 N–H and O–H groups in total. The largest absolute Gasteiger partial charge is 0.491 e. The first-order chi connectivity index (χ1) is 10.2. The van der Waals surface area contributed by atoms with E-state index in [4.69, 9.17) is 14.2 Å². The van der Waals surface area contributed by atoms with Crippen molar-refractivity contribution in [2.45, 2.75) is 6.92 Å². The highest BCUT2D eigenvalue weighted by Crippen LogP contribution is 2.15. The van der Waals surface area contributed by atoms with Gasteiger partial charge in [-0.2, -0.15) is 0 Å². The van der Waals surface area contributed by atoms with Gasteiger partial charge in [-0.3, -0.25) is 4.79 Å². The maximum Gasteiger partial charge on any atom is 0.221 e. The summed E-state index contributed by atoms with van der Waals surface area (Å²) in [5, 5.41) is 5.70. The molecular weight excluding hydrogens is 272 g/mol. The first-order valence-electron chi connectivity index (χ1n) is 7.03. The van der Waals surface area contributed by atoms with Gasteiger partial charge >= 0.3 is 0 Å². The van der Waals surface area contributed by atoms with E-state index in [0.29, 0.717) is 33.0 Å². The van der Waals surface area contributed by atoms with Crippen molar-refractivity contribution in [2.24, 2.45) is 0 Å². The monoisotopic (exact) mass is 296 g/mol. The quantitative estimate of drug-likeness (QED) is 0.602. The number of nitrogens with one attached hydrogen (secondary N) is 2. The van der Waals surface area contributed by atoms with E-state index >= 15 is 0 Å². The molecule has 6 nitrogen and oxygen atoms in total. The second kappa shape index (κ2) is 11.1. The van der Waals surface area contributed by atoms with Gasteiger partial charge in [-0.1, -0.05) is 0 Å². The molecule has 1 aromatic carbocycles. The summed E-state index contributed by atoms with van der Waals surface area (Å²) < 4.78 is 16.2. The lowest BCUT2D eigenvalue weighted by Crippen LogP contribution is -2.17. The summed E-state index contributed by atoms with van der Waals surface area (Å²) in [6.45, 7) is 5.17. The maximum absolute atomic E-state index is 10.9. The molecule has 0 saturated heterocycles. The van der Waals surface area contributed by atoms with Crippen molar-refractivity contribution in [3.05, 3.63) is 24.3 Å². The van der Waals surface area contributed by atoms with Gasteiger partial charge in [0.05, 0.1) is 26.4 Å². The lowest BCUT2D eigenvalue weighted by molar-refractivity contribution is -0.114. The molecule has 6 heteroatoms. The summed E-state index contributed by atoms with van der Waals surface area (Å²) in [5.41, 5.74) is 0.754. The molecular formula is C15H24N2O4.